The van der Waals surface area contributed by atoms with Gasteiger partial charge in [-0.1, -0.05) is 23.0 Å². The molecule has 12 heavy (non-hydrogen) atoms. The molecular weight excluding hydrogens is 247 g/mol. The molecule has 0 aromatic heterocycles. The Morgan fingerprint density at radius 3 is 1.83 bits per heavy atom. The first-order chi connectivity index (χ1) is 5.54. The Hall–Kier alpha value is 0.784. The van der Waals surface area contributed by atoms with Crippen molar-refractivity contribution in [3.63, 3.8) is 0 Å². The fourth-order valence-corrected chi connectivity index (χ4v) is 2.70. The predicted molar refractivity (Wildman–Crippen MR) is 67.5 cm³/mol. The molecule has 0 amide bonds. The lowest BCUT2D eigenvalue weighted by atomic mass is 10.4. The van der Waals surface area contributed by atoms with E-state index in [1.165, 1.54) is 5.57 Å². The van der Waals surface area contributed by atoms with Crippen LogP contribution >= 0.6 is 33.2 Å². The molecule has 0 bridgehead atoms. The van der Waals surface area contributed by atoms with E-state index in [0.29, 0.717) is 0 Å². The number of allylic oxidation sites excluding steroid dienone is 2. The second-order valence-corrected chi connectivity index (χ2v) is 8.48. The van der Waals surface area contributed by atoms with Crippen LogP contribution in [0.25, 0.3) is 0 Å². The second-order valence-electron chi connectivity index (χ2n) is 2.30. The maximum Gasteiger partial charge on any atom is 0.259 e. The fraction of sp³-hybridized carbons (Fsp3) is 0.429. The van der Waals surface area contributed by atoms with E-state index in [1.807, 2.05) is 18.7 Å². The van der Waals surface area contributed by atoms with Crippen molar-refractivity contribution in [2.45, 2.75) is 20.8 Å². The number of hydrogen-bond donors (Lipinski definition) is 0. The van der Waals surface area contributed by atoms with E-state index in [2.05, 4.69) is 19.5 Å². The standard InChI is InChI=1S/C4H9ClSi.C3H6Cl2Si/c1-4(2)3-6-5;1-2-3-6(4)5/h3H,6H2,1-2H3;2-3,6H,1H3. The van der Waals surface area contributed by atoms with Gasteiger partial charge in [0.25, 0.3) is 7.42 Å². The molecule has 0 heterocycles. The topological polar surface area (TPSA) is 0 Å². The Labute approximate surface area is 93.1 Å². The minimum Gasteiger partial charge on any atom is -0.171 e. The van der Waals surface area contributed by atoms with Gasteiger partial charge in [0.2, 0.25) is 0 Å². The molecule has 5 heteroatoms. The highest BCUT2D eigenvalue weighted by Crippen LogP contribution is 1.94. The van der Waals surface area contributed by atoms with Crippen LogP contribution in [0, 0.1) is 0 Å². The van der Waals surface area contributed by atoms with Crippen molar-refractivity contribution in [2.75, 3.05) is 0 Å². The van der Waals surface area contributed by atoms with Crippen LogP contribution in [0.4, 0.5) is 0 Å². The number of halogens is 3. The summed E-state index contributed by atoms with van der Waals surface area (Å²) in [6.45, 7) is 6.04. The first-order valence-corrected chi connectivity index (χ1v) is 10.8. The molecule has 0 aromatic carbocycles. The molecule has 0 saturated heterocycles. The highest BCUT2D eigenvalue weighted by molar-refractivity contribution is 7.36. The van der Waals surface area contributed by atoms with Crippen LogP contribution in [0.2, 0.25) is 0 Å². The zero-order valence-electron chi connectivity index (χ0n) is 7.65. The normalized spacial score (nSPS) is 10.6. The van der Waals surface area contributed by atoms with Gasteiger partial charge in [-0.15, -0.1) is 22.2 Å². The van der Waals surface area contributed by atoms with Crippen LogP contribution in [-0.4, -0.2) is 16.2 Å². The summed E-state index contributed by atoms with van der Waals surface area (Å²) in [4.78, 5) is 0. The van der Waals surface area contributed by atoms with Gasteiger partial charge in [0.1, 0.15) is 8.83 Å². The summed E-state index contributed by atoms with van der Waals surface area (Å²) in [5.74, 6) is 0. The summed E-state index contributed by atoms with van der Waals surface area (Å²) in [6.07, 6.45) is 1.87. The third-order valence-electron chi connectivity index (χ3n) is 0.823. The summed E-state index contributed by atoms with van der Waals surface area (Å²) in [6, 6.07) is 0. The van der Waals surface area contributed by atoms with E-state index in [4.69, 9.17) is 33.2 Å². The third kappa shape index (κ3) is 22.4. The summed E-state index contributed by atoms with van der Waals surface area (Å²) >= 11 is 16.2. The lowest BCUT2D eigenvalue weighted by Crippen LogP contribution is -1.80. The summed E-state index contributed by atoms with van der Waals surface area (Å²) in [5, 5.41) is 0. The van der Waals surface area contributed by atoms with Crippen molar-refractivity contribution in [3.05, 3.63) is 23.0 Å². The molecule has 0 aliphatic heterocycles. The van der Waals surface area contributed by atoms with E-state index in [1.54, 1.807) is 0 Å². The van der Waals surface area contributed by atoms with Gasteiger partial charge in [-0.25, -0.2) is 0 Å². The zero-order valence-corrected chi connectivity index (χ0v) is 12.5. The maximum absolute atomic E-state index is 5.46. The number of hydrogen-bond acceptors (Lipinski definition) is 0. The molecule has 0 saturated carbocycles. The summed E-state index contributed by atoms with van der Waals surface area (Å²) in [5.41, 5.74) is 5.29. The van der Waals surface area contributed by atoms with Gasteiger partial charge >= 0.3 is 0 Å². The van der Waals surface area contributed by atoms with Crippen LogP contribution in [0.5, 0.6) is 0 Å². The molecule has 0 aliphatic rings. The largest absolute Gasteiger partial charge is 0.259 e. The van der Waals surface area contributed by atoms with Crippen molar-refractivity contribution in [2.24, 2.45) is 0 Å². The first-order valence-electron chi connectivity index (χ1n) is 3.64. The molecule has 0 spiro atoms. The third-order valence-corrected chi connectivity index (χ3v) is 3.81. The lowest BCUT2D eigenvalue weighted by molar-refractivity contribution is 1.41. The number of rotatable bonds is 2. The molecule has 0 radical (unpaired) electrons. The Kier molecular flexibility index (Phi) is 15.0. The average Bonchev–Trinajstić information content (AvgIpc) is 1.87. The zero-order chi connectivity index (χ0) is 9.98. The molecule has 0 unspecified atom stereocenters. The lowest BCUT2D eigenvalue weighted by Gasteiger charge is -1.78. The smallest absolute Gasteiger partial charge is 0.171 e. The molecule has 0 atom stereocenters. The van der Waals surface area contributed by atoms with Crippen molar-refractivity contribution >= 4 is 49.5 Å². The van der Waals surface area contributed by atoms with Gasteiger partial charge in [0.15, 0.2) is 0 Å². The first kappa shape index (κ1) is 15.3. The van der Waals surface area contributed by atoms with E-state index in [-0.39, 0.29) is 8.83 Å². The van der Waals surface area contributed by atoms with E-state index in [0.717, 1.165) is 0 Å². The summed E-state index contributed by atoms with van der Waals surface area (Å²) < 4.78 is 0. The molecule has 72 valence electrons. The second kappa shape index (κ2) is 11.8. The van der Waals surface area contributed by atoms with Crippen LogP contribution in [-0.2, 0) is 0 Å². The molecular formula is C7H15Cl3Si2. The Morgan fingerprint density at radius 1 is 1.33 bits per heavy atom. The highest BCUT2D eigenvalue weighted by atomic mass is 35.7. The van der Waals surface area contributed by atoms with Gasteiger partial charge in [0.05, 0.1) is 0 Å². The maximum atomic E-state index is 5.46. The monoisotopic (exact) mass is 260 g/mol. The van der Waals surface area contributed by atoms with Crippen molar-refractivity contribution in [1.82, 2.24) is 0 Å². The minimum atomic E-state index is -1.41. The van der Waals surface area contributed by atoms with E-state index >= 15 is 0 Å². The van der Waals surface area contributed by atoms with Crippen LogP contribution in [0.3, 0.4) is 0 Å². The van der Waals surface area contributed by atoms with Crippen LogP contribution < -0.4 is 0 Å². The minimum absolute atomic E-state index is 0.323. The van der Waals surface area contributed by atoms with Crippen LogP contribution in [0.15, 0.2) is 23.0 Å². The highest BCUT2D eigenvalue weighted by Gasteiger charge is 1.88. The van der Waals surface area contributed by atoms with Gasteiger partial charge in [-0.3, -0.25) is 0 Å². The molecule has 0 N–H and O–H groups in total. The van der Waals surface area contributed by atoms with Crippen molar-refractivity contribution < 1.29 is 0 Å². The Balaban J connectivity index is 0. The van der Waals surface area contributed by atoms with Gasteiger partial charge in [-0.05, 0) is 20.8 Å². The molecule has 0 fully saturated rings. The van der Waals surface area contributed by atoms with Crippen LogP contribution in [0.1, 0.15) is 20.8 Å². The van der Waals surface area contributed by atoms with Gasteiger partial charge < -0.3 is 0 Å². The molecule has 0 aromatic rings. The van der Waals surface area contributed by atoms with Gasteiger partial charge in [0, 0.05) is 0 Å². The molecule has 0 aliphatic carbocycles. The summed E-state index contributed by atoms with van der Waals surface area (Å²) in [7, 11) is -1.73. The van der Waals surface area contributed by atoms with E-state index < -0.39 is 7.42 Å². The van der Waals surface area contributed by atoms with E-state index in [9.17, 15) is 0 Å². The average molecular weight is 262 g/mol. The quantitative estimate of drug-likeness (QED) is 0.530. The van der Waals surface area contributed by atoms with Crippen molar-refractivity contribution in [3.8, 4) is 0 Å². The Morgan fingerprint density at radius 2 is 1.83 bits per heavy atom. The van der Waals surface area contributed by atoms with Gasteiger partial charge in [-0.2, -0.15) is 11.1 Å². The fourth-order valence-electron chi connectivity index (χ4n) is 0.300. The predicted octanol–water partition coefficient (Wildman–Crippen LogP) is 3.03. The Bertz CT molecular complexity index is 140. The molecule has 0 nitrogen and oxygen atoms in total. The SMILES string of the molecule is CC(C)=C[SiH2]Cl.CC=C[SiH](Cl)Cl. The molecule has 0 rings (SSSR count). The van der Waals surface area contributed by atoms with Crippen molar-refractivity contribution in [1.29, 1.82) is 0 Å².